The molecule has 0 spiro atoms. The van der Waals surface area contributed by atoms with Crippen molar-refractivity contribution >= 4 is 0 Å². The smallest absolute Gasteiger partial charge is 0.0671 e. The second-order valence-electron chi connectivity index (χ2n) is 3.13. The quantitative estimate of drug-likeness (QED) is 0.637. The standard InChI is InChI=1S/C8H17NO/c1-3-4-5-8(9-2)6-10-7-8/h9H,3-7H2,1-2H3. The van der Waals surface area contributed by atoms with Gasteiger partial charge >= 0.3 is 0 Å². The van der Waals surface area contributed by atoms with Gasteiger partial charge in [-0.3, -0.25) is 0 Å². The Morgan fingerprint density at radius 1 is 1.50 bits per heavy atom. The molecule has 2 heteroatoms. The van der Waals surface area contributed by atoms with Crippen LogP contribution in [0.25, 0.3) is 0 Å². The molecule has 0 bridgehead atoms. The lowest BCUT2D eigenvalue weighted by atomic mass is 9.91. The van der Waals surface area contributed by atoms with Gasteiger partial charge in [0.2, 0.25) is 0 Å². The van der Waals surface area contributed by atoms with E-state index in [9.17, 15) is 0 Å². The Kier molecular flexibility index (Phi) is 2.69. The number of ether oxygens (including phenoxy) is 1. The molecule has 1 fully saturated rings. The van der Waals surface area contributed by atoms with Gasteiger partial charge in [-0.05, 0) is 13.5 Å². The van der Waals surface area contributed by atoms with E-state index in [0.29, 0.717) is 5.54 Å². The van der Waals surface area contributed by atoms with Crippen LogP contribution in [-0.4, -0.2) is 25.8 Å². The first-order valence-electron chi connectivity index (χ1n) is 4.10. The molecule has 60 valence electrons. The van der Waals surface area contributed by atoms with Crippen LogP contribution in [0.15, 0.2) is 0 Å². The summed E-state index contributed by atoms with van der Waals surface area (Å²) < 4.78 is 5.16. The molecule has 10 heavy (non-hydrogen) atoms. The molecule has 0 aromatic heterocycles. The van der Waals surface area contributed by atoms with Crippen LogP contribution in [-0.2, 0) is 4.74 Å². The Morgan fingerprint density at radius 3 is 2.50 bits per heavy atom. The number of unbranched alkanes of at least 4 members (excludes halogenated alkanes) is 1. The second-order valence-corrected chi connectivity index (χ2v) is 3.13. The van der Waals surface area contributed by atoms with Gasteiger partial charge in [0, 0.05) is 0 Å². The Labute approximate surface area is 63.0 Å². The van der Waals surface area contributed by atoms with E-state index in [-0.39, 0.29) is 0 Å². The highest BCUT2D eigenvalue weighted by molar-refractivity contribution is 4.92. The van der Waals surface area contributed by atoms with E-state index in [4.69, 9.17) is 4.74 Å². The first-order chi connectivity index (χ1) is 4.83. The normalized spacial score (nSPS) is 22.2. The van der Waals surface area contributed by atoms with E-state index in [2.05, 4.69) is 12.2 Å². The summed E-state index contributed by atoms with van der Waals surface area (Å²) >= 11 is 0. The van der Waals surface area contributed by atoms with Crippen molar-refractivity contribution in [3.63, 3.8) is 0 Å². The molecule has 0 aliphatic carbocycles. The maximum Gasteiger partial charge on any atom is 0.0671 e. The largest absolute Gasteiger partial charge is 0.377 e. The van der Waals surface area contributed by atoms with E-state index in [1.54, 1.807) is 0 Å². The summed E-state index contributed by atoms with van der Waals surface area (Å²) in [6, 6.07) is 0. The first-order valence-corrected chi connectivity index (χ1v) is 4.10. The van der Waals surface area contributed by atoms with Crippen LogP contribution in [0.4, 0.5) is 0 Å². The highest BCUT2D eigenvalue weighted by Crippen LogP contribution is 2.22. The fourth-order valence-electron chi connectivity index (χ4n) is 1.28. The fraction of sp³-hybridized carbons (Fsp3) is 1.00. The van der Waals surface area contributed by atoms with Gasteiger partial charge in [0.25, 0.3) is 0 Å². The van der Waals surface area contributed by atoms with Crippen LogP contribution in [0, 0.1) is 0 Å². The van der Waals surface area contributed by atoms with Gasteiger partial charge in [0.15, 0.2) is 0 Å². The van der Waals surface area contributed by atoms with Crippen molar-refractivity contribution in [3.05, 3.63) is 0 Å². The summed E-state index contributed by atoms with van der Waals surface area (Å²) in [7, 11) is 2.03. The average Bonchev–Trinajstić information content (AvgIpc) is 1.87. The van der Waals surface area contributed by atoms with Gasteiger partial charge in [0.1, 0.15) is 0 Å². The van der Waals surface area contributed by atoms with Crippen LogP contribution in [0.1, 0.15) is 26.2 Å². The molecule has 0 aromatic carbocycles. The van der Waals surface area contributed by atoms with Gasteiger partial charge in [-0.2, -0.15) is 0 Å². The van der Waals surface area contributed by atoms with Gasteiger partial charge in [-0.15, -0.1) is 0 Å². The SMILES string of the molecule is CCCCC1(NC)COC1. The van der Waals surface area contributed by atoms with Crippen LogP contribution >= 0.6 is 0 Å². The molecule has 1 aliphatic heterocycles. The summed E-state index contributed by atoms with van der Waals surface area (Å²) in [6.45, 7) is 4.04. The van der Waals surface area contributed by atoms with Crippen molar-refractivity contribution in [1.29, 1.82) is 0 Å². The zero-order valence-electron chi connectivity index (χ0n) is 6.94. The minimum absolute atomic E-state index is 0.343. The Hall–Kier alpha value is -0.0800. The third kappa shape index (κ3) is 1.50. The molecule has 0 atom stereocenters. The highest BCUT2D eigenvalue weighted by atomic mass is 16.5. The third-order valence-electron chi connectivity index (χ3n) is 2.30. The van der Waals surface area contributed by atoms with E-state index >= 15 is 0 Å². The summed E-state index contributed by atoms with van der Waals surface area (Å²) in [5.41, 5.74) is 0.343. The van der Waals surface area contributed by atoms with Gasteiger partial charge in [-0.1, -0.05) is 19.8 Å². The first kappa shape index (κ1) is 8.02. The third-order valence-corrected chi connectivity index (χ3v) is 2.30. The van der Waals surface area contributed by atoms with Gasteiger partial charge in [0.05, 0.1) is 18.8 Å². The Morgan fingerprint density at radius 2 is 2.20 bits per heavy atom. The summed E-state index contributed by atoms with van der Waals surface area (Å²) in [5, 5.41) is 3.32. The molecular formula is C8H17NO. The summed E-state index contributed by atoms with van der Waals surface area (Å²) in [5.74, 6) is 0. The molecule has 1 saturated heterocycles. The topological polar surface area (TPSA) is 21.3 Å². The van der Waals surface area contributed by atoms with Crippen LogP contribution in [0.5, 0.6) is 0 Å². The summed E-state index contributed by atoms with van der Waals surface area (Å²) in [6.07, 6.45) is 3.85. The number of likely N-dealkylation sites (N-methyl/N-ethyl adjacent to an activating group) is 1. The minimum Gasteiger partial charge on any atom is -0.377 e. The molecule has 0 saturated carbocycles. The van der Waals surface area contributed by atoms with Crippen molar-refractivity contribution < 1.29 is 4.74 Å². The maximum atomic E-state index is 5.16. The van der Waals surface area contributed by atoms with E-state index in [1.165, 1.54) is 19.3 Å². The van der Waals surface area contributed by atoms with Crippen molar-refractivity contribution in [1.82, 2.24) is 5.32 Å². The van der Waals surface area contributed by atoms with Crippen molar-refractivity contribution in [2.45, 2.75) is 31.7 Å². The number of nitrogens with one attached hydrogen (secondary N) is 1. The van der Waals surface area contributed by atoms with Gasteiger partial charge < -0.3 is 10.1 Å². The van der Waals surface area contributed by atoms with Crippen molar-refractivity contribution in [2.24, 2.45) is 0 Å². The van der Waals surface area contributed by atoms with E-state index in [0.717, 1.165) is 13.2 Å². The van der Waals surface area contributed by atoms with Crippen molar-refractivity contribution in [2.75, 3.05) is 20.3 Å². The average molecular weight is 143 g/mol. The highest BCUT2D eigenvalue weighted by Gasteiger charge is 2.35. The second kappa shape index (κ2) is 3.35. The number of rotatable bonds is 4. The molecule has 1 aliphatic rings. The van der Waals surface area contributed by atoms with Crippen LogP contribution in [0.3, 0.4) is 0 Å². The number of hydrogen-bond donors (Lipinski definition) is 1. The predicted octanol–water partition coefficient (Wildman–Crippen LogP) is 1.17. The molecule has 1 rings (SSSR count). The van der Waals surface area contributed by atoms with Gasteiger partial charge in [-0.25, -0.2) is 0 Å². The predicted molar refractivity (Wildman–Crippen MR) is 42.1 cm³/mol. The zero-order valence-corrected chi connectivity index (χ0v) is 6.94. The molecule has 0 aromatic rings. The summed E-state index contributed by atoms with van der Waals surface area (Å²) in [4.78, 5) is 0. The van der Waals surface area contributed by atoms with Crippen LogP contribution in [0.2, 0.25) is 0 Å². The fourth-order valence-corrected chi connectivity index (χ4v) is 1.28. The van der Waals surface area contributed by atoms with Crippen LogP contribution < -0.4 is 5.32 Å². The molecule has 0 unspecified atom stereocenters. The van der Waals surface area contributed by atoms with Crippen molar-refractivity contribution in [3.8, 4) is 0 Å². The molecule has 1 N–H and O–H groups in total. The maximum absolute atomic E-state index is 5.16. The van der Waals surface area contributed by atoms with E-state index < -0.39 is 0 Å². The molecule has 0 amide bonds. The Bertz CT molecular complexity index is 93.9. The molecule has 0 radical (unpaired) electrons. The molecule has 2 nitrogen and oxygen atoms in total. The lowest BCUT2D eigenvalue weighted by Crippen LogP contribution is -2.58. The lowest BCUT2D eigenvalue weighted by Gasteiger charge is -2.41. The molecule has 1 heterocycles. The number of hydrogen-bond acceptors (Lipinski definition) is 2. The zero-order chi connectivity index (χ0) is 7.45. The van der Waals surface area contributed by atoms with E-state index in [1.807, 2.05) is 7.05 Å². The monoisotopic (exact) mass is 143 g/mol. The minimum atomic E-state index is 0.343. The Balaban J connectivity index is 2.20. The molecular weight excluding hydrogens is 126 g/mol. The lowest BCUT2D eigenvalue weighted by molar-refractivity contribution is -0.0754.